The molecule has 0 saturated carbocycles. The van der Waals surface area contributed by atoms with E-state index >= 15 is 0 Å². The van der Waals surface area contributed by atoms with Crippen molar-refractivity contribution in [1.82, 2.24) is 0 Å². The molecule has 0 radical (unpaired) electrons. The van der Waals surface area contributed by atoms with Crippen LogP contribution in [-0.4, -0.2) is 19.6 Å². The van der Waals surface area contributed by atoms with Gasteiger partial charge in [0, 0.05) is 11.3 Å². The van der Waals surface area contributed by atoms with Crippen molar-refractivity contribution in [2.75, 3.05) is 19.0 Å². The third-order valence-electron chi connectivity index (χ3n) is 4.53. The molecule has 0 spiro atoms. The number of ether oxygens (including phenoxy) is 2. The lowest BCUT2D eigenvalue weighted by Crippen LogP contribution is -2.20. The van der Waals surface area contributed by atoms with Gasteiger partial charge in [0.1, 0.15) is 5.82 Å². The molecule has 1 amide bonds. The molecular weight excluding hydrogens is 475 g/mol. The molecule has 0 heterocycles. The van der Waals surface area contributed by atoms with E-state index in [0.717, 1.165) is 5.56 Å². The molecule has 0 unspecified atom stereocenters. The summed E-state index contributed by atoms with van der Waals surface area (Å²) in [6.45, 7) is 1.74. The van der Waals surface area contributed by atoms with Crippen LogP contribution in [0.3, 0.4) is 0 Å². The Morgan fingerprint density at radius 3 is 2.56 bits per heavy atom. The van der Waals surface area contributed by atoms with Gasteiger partial charge in [-0.15, -0.1) is 0 Å². The Bertz CT molecular complexity index is 1200. The second-order valence-corrected chi connectivity index (χ2v) is 7.74. The van der Waals surface area contributed by atoms with E-state index in [2.05, 4.69) is 21.2 Å². The van der Waals surface area contributed by atoms with Crippen molar-refractivity contribution in [2.45, 2.75) is 6.92 Å². The number of carbonyl (C=O) groups is 1. The Morgan fingerprint density at radius 2 is 1.91 bits per heavy atom. The summed E-state index contributed by atoms with van der Waals surface area (Å²) in [5.74, 6) is -0.100. The van der Waals surface area contributed by atoms with Crippen LogP contribution in [-0.2, 0) is 4.79 Å². The summed E-state index contributed by atoms with van der Waals surface area (Å²) in [6.07, 6.45) is 1.56. The first kappa shape index (κ1) is 23.0. The van der Waals surface area contributed by atoms with Gasteiger partial charge in [-0.25, -0.2) is 4.39 Å². The van der Waals surface area contributed by atoms with Crippen LogP contribution in [0.25, 0.3) is 11.6 Å². The van der Waals surface area contributed by atoms with Crippen LogP contribution in [0, 0.1) is 24.1 Å². The van der Waals surface area contributed by atoms with Crippen LogP contribution < -0.4 is 14.8 Å². The van der Waals surface area contributed by atoms with Gasteiger partial charge in [0.05, 0.1) is 23.2 Å². The third-order valence-corrected chi connectivity index (χ3v) is 5.12. The van der Waals surface area contributed by atoms with Crippen LogP contribution in [0.5, 0.6) is 11.5 Å². The Hall–Kier alpha value is -3.63. The topological polar surface area (TPSA) is 71.3 Å². The van der Waals surface area contributed by atoms with E-state index in [1.54, 1.807) is 36.4 Å². The third kappa shape index (κ3) is 5.74. The molecule has 3 aromatic carbocycles. The number of allylic oxidation sites excluding steroid dienone is 1. The smallest absolute Gasteiger partial charge is 0.262 e. The Kier molecular flexibility index (Phi) is 7.63. The number of nitrogens with zero attached hydrogens (tertiary/aromatic N) is 1. The lowest BCUT2D eigenvalue weighted by atomic mass is 10.0. The minimum atomic E-state index is -0.481. The average Bonchev–Trinajstić information content (AvgIpc) is 2.78. The van der Waals surface area contributed by atoms with E-state index in [1.807, 2.05) is 37.3 Å². The van der Waals surface area contributed by atoms with Crippen molar-refractivity contribution in [3.05, 3.63) is 87.6 Å². The fraction of sp³-hybridized carbons (Fsp3) is 0.120. The van der Waals surface area contributed by atoms with Gasteiger partial charge in [-0.05, 0) is 64.8 Å². The van der Waals surface area contributed by atoms with Gasteiger partial charge in [0.2, 0.25) is 0 Å². The summed E-state index contributed by atoms with van der Waals surface area (Å²) in [5, 5.41) is 12.3. The van der Waals surface area contributed by atoms with Gasteiger partial charge in [0.15, 0.2) is 18.1 Å². The zero-order valence-electron chi connectivity index (χ0n) is 17.5. The molecule has 162 valence electrons. The van der Waals surface area contributed by atoms with Gasteiger partial charge in [-0.3, -0.25) is 4.79 Å². The minimum absolute atomic E-state index is 0.170. The van der Waals surface area contributed by atoms with Crippen molar-refractivity contribution in [3.8, 4) is 17.6 Å². The molecule has 1 N–H and O–H groups in total. The van der Waals surface area contributed by atoms with Crippen molar-refractivity contribution >= 4 is 39.2 Å². The minimum Gasteiger partial charge on any atom is -0.493 e. The maximum absolute atomic E-state index is 14.1. The number of hydrogen-bond acceptors (Lipinski definition) is 4. The summed E-state index contributed by atoms with van der Waals surface area (Å²) in [7, 11) is 1.47. The maximum atomic E-state index is 14.1. The number of methoxy groups -OCH3 is 1. The fourth-order valence-corrected chi connectivity index (χ4v) is 3.53. The SMILES string of the molecule is COc1cc(/C=C(/C#N)c2ccccc2F)cc(Br)c1OCC(=O)Nc1ccc(C)cc1. The number of rotatable bonds is 7. The Balaban J connectivity index is 1.79. The highest BCUT2D eigenvalue weighted by Gasteiger charge is 2.15. The Morgan fingerprint density at radius 1 is 1.19 bits per heavy atom. The summed E-state index contributed by atoms with van der Waals surface area (Å²) in [5.41, 5.74) is 2.75. The van der Waals surface area contributed by atoms with Crippen molar-refractivity contribution in [3.63, 3.8) is 0 Å². The van der Waals surface area contributed by atoms with Crippen LogP contribution in [0.15, 0.2) is 65.1 Å². The van der Waals surface area contributed by atoms with Crippen LogP contribution in [0.1, 0.15) is 16.7 Å². The van der Waals surface area contributed by atoms with Crippen LogP contribution >= 0.6 is 15.9 Å². The second-order valence-electron chi connectivity index (χ2n) is 6.89. The first-order valence-electron chi connectivity index (χ1n) is 9.65. The highest BCUT2D eigenvalue weighted by Crippen LogP contribution is 2.37. The lowest BCUT2D eigenvalue weighted by Gasteiger charge is -2.14. The molecule has 3 rings (SSSR count). The summed E-state index contributed by atoms with van der Waals surface area (Å²) >= 11 is 3.42. The van der Waals surface area contributed by atoms with Crippen molar-refractivity contribution in [2.24, 2.45) is 0 Å². The van der Waals surface area contributed by atoms with Gasteiger partial charge >= 0.3 is 0 Å². The largest absolute Gasteiger partial charge is 0.493 e. The molecule has 0 aliphatic carbocycles. The first-order valence-corrected chi connectivity index (χ1v) is 10.4. The summed E-state index contributed by atoms with van der Waals surface area (Å²) in [4.78, 5) is 12.2. The van der Waals surface area contributed by atoms with Gasteiger partial charge in [0.25, 0.3) is 5.91 Å². The molecule has 0 aromatic heterocycles. The molecule has 5 nitrogen and oxygen atoms in total. The summed E-state index contributed by atoms with van der Waals surface area (Å²) < 4.78 is 25.7. The van der Waals surface area contributed by atoms with Crippen molar-refractivity contribution in [1.29, 1.82) is 5.26 Å². The number of nitriles is 1. The quantitative estimate of drug-likeness (QED) is 0.323. The normalized spacial score (nSPS) is 10.9. The number of benzene rings is 3. The second kappa shape index (κ2) is 10.6. The van der Waals surface area contributed by atoms with Crippen LogP contribution in [0.2, 0.25) is 0 Å². The molecule has 7 heteroatoms. The predicted octanol–water partition coefficient (Wildman–Crippen LogP) is 5.99. The molecule has 3 aromatic rings. The van der Waals surface area contributed by atoms with Crippen LogP contribution in [0.4, 0.5) is 10.1 Å². The molecule has 0 aliphatic heterocycles. The molecule has 32 heavy (non-hydrogen) atoms. The average molecular weight is 495 g/mol. The Labute approximate surface area is 194 Å². The highest BCUT2D eigenvalue weighted by molar-refractivity contribution is 9.10. The maximum Gasteiger partial charge on any atom is 0.262 e. The first-order chi connectivity index (χ1) is 15.4. The highest BCUT2D eigenvalue weighted by atomic mass is 79.9. The number of amides is 1. The molecule has 0 bridgehead atoms. The van der Waals surface area contributed by atoms with E-state index in [4.69, 9.17) is 9.47 Å². The van der Waals surface area contributed by atoms with Crippen molar-refractivity contribution < 1.29 is 18.7 Å². The monoisotopic (exact) mass is 494 g/mol. The molecule has 0 atom stereocenters. The fourth-order valence-electron chi connectivity index (χ4n) is 2.95. The number of anilines is 1. The van der Waals surface area contributed by atoms with E-state index in [9.17, 15) is 14.4 Å². The molecular formula is C25H20BrFN2O3. The van der Waals surface area contributed by atoms with E-state index < -0.39 is 5.82 Å². The number of carbonyl (C=O) groups excluding carboxylic acids is 1. The van der Waals surface area contributed by atoms with E-state index in [0.29, 0.717) is 27.2 Å². The lowest BCUT2D eigenvalue weighted by molar-refractivity contribution is -0.118. The van der Waals surface area contributed by atoms with E-state index in [1.165, 1.54) is 13.2 Å². The van der Waals surface area contributed by atoms with Gasteiger partial charge < -0.3 is 14.8 Å². The molecule has 0 aliphatic rings. The summed E-state index contributed by atoms with van der Waals surface area (Å²) in [6, 6.07) is 18.9. The van der Waals surface area contributed by atoms with Gasteiger partial charge in [-0.2, -0.15) is 5.26 Å². The zero-order valence-corrected chi connectivity index (χ0v) is 19.1. The van der Waals surface area contributed by atoms with Gasteiger partial charge in [-0.1, -0.05) is 35.9 Å². The molecule has 0 saturated heterocycles. The predicted molar refractivity (Wildman–Crippen MR) is 126 cm³/mol. The number of nitrogens with one attached hydrogen (secondary N) is 1. The number of halogens is 2. The number of hydrogen-bond donors (Lipinski definition) is 1. The van der Waals surface area contributed by atoms with E-state index in [-0.39, 0.29) is 23.7 Å². The number of aryl methyl sites for hydroxylation is 1. The molecule has 0 fully saturated rings. The standard InChI is InChI=1S/C25H20BrFN2O3/c1-16-7-9-19(10-8-16)29-24(30)15-32-25-21(26)12-17(13-23(25)31-2)11-18(14-28)20-5-3-4-6-22(20)27/h3-13H,15H2,1-2H3,(H,29,30)/b18-11-. The zero-order chi connectivity index (χ0) is 23.1.